The van der Waals surface area contributed by atoms with E-state index < -0.39 is 35.1 Å². The van der Waals surface area contributed by atoms with E-state index in [1.807, 2.05) is 18.2 Å². The third kappa shape index (κ3) is 3.62. The number of carbonyl (C=O) groups excluding carboxylic acids is 1. The van der Waals surface area contributed by atoms with Gasteiger partial charge in [0.2, 0.25) is 5.91 Å². The second-order valence-electron chi connectivity index (χ2n) is 6.59. The molecule has 0 radical (unpaired) electrons. The molecule has 1 heterocycles. The van der Waals surface area contributed by atoms with E-state index in [0.29, 0.717) is 5.92 Å². The van der Waals surface area contributed by atoms with E-state index in [9.17, 15) is 18.0 Å². The first-order valence-corrected chi connectivity index (χ1v) is 9.35. The van der Waals surface area contributed by atoms with Gasteiger partial charge < -0.3 is 10.6 Å². The van der Waals surface area contributed by atoms with Gasteiger partial charge in [-0.2, -0.15) is 0 Å². The third-order valence-corrected chi connectivity index (χ3v) is 5.58. The molecular weight excluding hydrogens is 375 g/mol. The van der Waals surface area contributed by atoms with Crippen LogP contribution >= 0.6 is 11.3 Å². The summed E-state index contributed by atoms with van der Waals surface area (Å²) in [6.07, 6.45) is 2.37. The number of benzene rings is 2. The van der Waals surface area contributed by atoms with Gasteiger partial charge in [0.1, 0.15) is 6.04 Å². The highest BCUT2D eigenvalue weighted by Gasteiger charge is 2.27. The number of hydrogen-bond acceptors (Lipinski definition) is 4. The van der Waals surface area contributed by atoms with Gasteiger partial charge in [-0.3, -0.25) is 4.79 Å². The van der Waals surface area contributed by atoms with Gasteiger partial charge in [-0.05, 0) is 50.1 Å². The summed E-state index contributed by atoms with van der Waals surface area (Å²) in [5, 5.41) is 6.44. The number of nitrogens with zero attached hydrogens (tertiary/aromatic N) is 1. The Kier molecular flexibility index (Phi) is 4.51. The first-order valence-electron chi connectivity index (χ1n) is 8.54. The second kappa shape index (κ2) is 6.84. The van der Waals surface area contributed by atoms with Gasteiger partial charge in [0, 0.05) is 11.6 Å². The molecule has 140 valence electrons. The maximum atomic E-state index is 13.7. The standard InChI is InChI=1S/C19H16F3N3OS/c1-9(18(26)24-14-7-5-12(20)16(21)17(14)22)23-11-4-6-13-15(8-11)27-19(25-13)10-2-3-10/h4-10,23H,2-3H2,1H3,(H,24,26)/t9-/m0/s1. The van der Waals surface area contributed by atoms with Crippen molar-refractivity contribution in [2.45, 2.75) is 31.7 Å². The van der Waals surface area contributed by atoms with E-state index in [1.165, 1.54) is 12.8 Å². The molecular formula is C19H16F3N3OS. The molecule has 0 saturated heterocycles. The lowest BCUT2D eigenvalue weighted by Gasteiger charge is -2.16. The van der Waals surface area contributed by atoms with Crippen LogP contribution in [0, 0.1) is 17.5 Å². The van der Waals surface area contributed by atoms with E-state index in [0.717, 1.165) is 33.0 Å². The number of nitrogens with one attached hydrogen (secondary N) is 2. The molecule has 4 nitrogen and oxygen atoms in total. The van der Waals surface area contributed by atoms with Gasteiger partial charge in [0.05, 0.1) is 20.9 Å². The Morgan fingerprint density at radius 3 is 2.70 bits per heavy atom. The highest BCUT2D eigenvalue weighted by molar-refractivity contribution is 7.18. The largest absolute Gasteiger partial charge is 0.374 e. The number of carbonyl (C=O) groups is 1. The summed E-state index contributed by atoms with van der Waals surface area (Å²) in [4.78, 5) is 16.9. The van der Waals surface area contributed by atoms with Crippen molar-refractivity contribution in [3.8, 4) is 0 Å². The summed E-state index contributed by atoms with van der Waals surface area (Å²) in [7, 11) is 0. The minimum atomic E-state index is -1.62. The Morgan fingerprint density at radius 2 is 1.96 bits per heavy atom. The van der Waals surface area contributed by atoms with Gasteiger partial charge >= 0.3 is 0 Å². The fourth-order valence-corrected chi connectivity index (χ4v) is 3.89. The fraction of sp³-hybridized carbons (Fsp3) is 0.263. The van der Waals surface area contributed by atoms with Crippen LogP contribution in [0.15, 0.2) is 30.3 Å². The Hall–Kier alpha value is -2.61. The SMILES string of the molecule is C[C@H](Nc1ccc2nc(C3CC3)sc2c1)C(=O)Nc1ccc(F)c(F)c1F. The molecule has 0 bridgehead atoms. The lowest BCUT2D eigenvalue weighted by Crippen LogP contribution is -2.32. The number of aromatic nitrogens is 1. The quantitative estimate of drug-likeness (QED) is 0.600. The maximum absolute atomic E-state index is 13.7. The second-order valence-corrected chi connectivity index (χ2v) is 7.65. The van der Waals surface area contributed by atoms with Gasteiger partial charge in [0.25, 0.3) is 0 Å². The number of fused-ring (bicyclic) bond motifs is 1. The molecule has 0 unspecified atom stereocenters. The molecule has 4 rings (SSSR count). The fourth-order valence-electron chi connectivity index (χ4n) is 2.72. The number of thiazole rings is 1. The summed E-state index contributed by atoms with van der Waals surface area (Å²) in [6, 6.07) is 6.66. The molecule has 1 saturated carbocycles. The highest BCUT2D eigenvalue weighted by Crippen LogP contribution is 2.43. The minimum Gasteiger partial charge on any atom is -0.374 e. The van der Waals surface area contributed by atoms with Crippen LogP contribution in [0.25, 0.3) is 10.2 Å². The van der Waals surface area contributed by atoms with E-state index in [4.69, 9.17) is 0 Å². The first-order chi connectivity index (χ1) is 12.9. The normalized spacial score (nSPS) is 15.0. The zero-order chi connectivity index (χ0) is 19.1. The summed E-state index contributed by atoms with van der Waals surface area (Å²) in [5.74, 6) is -4.33. The van der Waals surface area contributed by atoms with Gasteiger partial charge in [0.15, 0.2) is 17.5 Å². The van der Waals surface area contributed by atoms with Crippen LogP contribution in [-0.4, -0.2) is 16.9 Å². The molecule has 3 aromatic rings. The summed E-state index contributed by atoms with van der Waals surface area (Å²) in [6.45, 7) is 1.60. The van der Waals surface area contributed by atoms with Crippen LogP contribution < -0.4 is 10.6 Å². The maximum Gasteiger partial charge on any atom is 0.246 e. The Morgan fingerprint density at radius 1 is 1.19 bits per heavy atom. The summed E-state index contributed by atoms with van der Waals surface area (Å²) in [5.41, 5.74) is 1.25. The lowest BCUT2D eigenvalue weighted by atomic mass is 10.2. The van der Waals surface area contributed by atoms with Crippen molar-refractivity contribution in [2.24, 2.45) is 0 Å². The van der Waals surface area contributed by atoms with Crippen molar-refractivity contribution in [1.82, 2.24) is 4.98 Å². The highest BCUT2D eigenvalue weighted by atomic mass is 32.1. The number of rotatable bonds is 5. The first kappa shape index (κ1) is 17.8. The van der Waals surface area contributed by atoms with Gasteiger partial charge in [-0.15, -0.1) is 11.3 Å². The van der Waals surface area contributed by atoms with Crippen molar-refractivity contribution < 1.29 is 18.0 Å². The average Bonchev–Trinajstić information content (AvgIpc) is 3.41. The minimum absolute atomic E-state index is 0.403. The lowest BCUT2D eigenvalue weighted by molar-refractivity contribution is -0.116. The van der Waals surface area contributed by atoms with Crippen molar-refractivity contribution in [2.75, 3.05) is 10.6 Å². The number of halogens is 3. The van der Waals surface area contributed by atoms with Gasteiger partial charge in [-0.25, -0.2) is 18.2 Å². The van der Waals surface area contributed by atoms with E-state index >= 15 is 0 Å². The number of amides is 1. The van der Waals surface area contributed by atoms with E-state index in [1.54, 1.807) is 18.3 Å². The predicted octanol–water partition coefficient (Wildman–Crippen LogP) is 5.03. The Bertz CT molecular complexity index is 1030. The number of hydrogen-bond donors (Lipinski definition) is 2. The number of anilines is 2. The zero-order valence-electron chi connectivity index (χ0n) is 14.4. The molecule has 2 N–H and O–H groups in total. The zero-order valence-corrected chi connectivity index (χ0v) is 15.2. The molecule has 1 amide bonds. The molecule has 27 heavy (non-hydrogen) atoms. The molecule has 2 aromatic carbocycles. The van der Waals surface area contributed by atoms with Crippen molar-refractivity contribution >= 4 is 38.8 Å². The molecule has 1 aliphatic rings. The smallest absolute Gasteiger partial charge is 0.246 e. The Labute approximate surface area is 157 Å². The van der Waals surface area contributed by atoms with Crippen LogP contribution in [0.1, 0.15) is 30.7 Å². The van der Waals surface area contributed by atoms with Crippen LogP contribution in [0.5, 0.6) is 0 Å². The van der Waals surface area contributed by atoms with Crippen molar-refractivity contribution in [3.63, 3.8) is 0 Å². The Balaban J connectivity index is 1.46. The third-order valence-electron chi connectivity index (χ3n) is 4.40. The predicted molar refractivity (Wildman–Crippen MR) is 99.6 cm³/mol. The molecule has 1 fully saturated rings. The van der Waals surface area contributed by atoms with Crippen LogP contribution in [0.4, 0.5) is 24.5 Å². The molecule has 0 aliphatic heterocycles. The molecule has 8 heteroatoms. The monoisotopic (exact) mass is 391 g/mol. The molecule has 1 aromatic heterocycles. The van der Waals surface area contributed by atoms with Gasteiger partial charge in [-0.1, -0.05) is 0 Å². The summed E-state index contributed by atoms with van der Waals surface area (Å²) < 4.78 is 41.0. The topological polar surface area (TPSA) is 54.0 Å². The van der Waals surface area contributed by atoms with E-state index in [-0.39, 0.29) is 0 Å². The van der Waals surface area contributed by atoms with Crippen molar-refractivity contribution in [3.05, 3.63) is 52.8 Å². The molecule has 1 aliphatic carbocycles. The van der Waals surface area contributed by atoms with Crippen LogP contribution in [-0.2, 0) is 4.79 Å². The molecule has 0 spiro atoms. The van der Waals surface area contributed by atoms with Crippen molar-refractivity contribution in [1.29, 1.82) is 0 Å². The summed E-state index contributed by atoms with van der Waals surface area (Å²) >= 11 is 1.65. The van der Waals surface area contributed by atoms with E-state index in [2.05, 4.69) is 15.6 Å². The van der Waals surface area contributed by atoms with Crippen LogP contribution in [0.2, 0.25) is 0 Å². The van der Waals surface area contributed by atoms with Crippen LogP contribution in [0.3, 0.4) is 0 Å². The average molecular weight is 391 g/mol. The molecule has 1 atom stereocenters.